The molecule has 17 heavy (non-hydrogen) atoms. The van der Waals surface area contributed by atoms with Crippen LogP contribution in [-0.4, -0.2) is 5.11 Å². The molecular weight excluding hydrogens is 210 g/mol. The van der Waals surface area contributed by atoms with E-state index in [1.165, 1.54) is 5.56 Å². The number of hydrogen-bond donors (Lipinski definition) is 2. The van der Waals surface area contributed by atoms with Gasteiger partial charge in [-0.15, -0.1) is 0 Å². The van der Waals surface area contributed by atoms with E-state index in [0.29, 0.717) is 6.54 Å². The summed E-state index contributed by atoms with van der Waals surface area (Å²) in [7, 11) is 0. The molecule has 1 unspecified atom stereocenters. The summed E-state index contributed by atoms with van der Waals surface area (Å²) in [6.07, 6.45) is -0.581. The van der Waals surface area contributed by atoms with Crippen LogP contribution in [0, 0.1) is 6.92 Å². The summed E-state index contributed by atoms with van der Waals surface area (Å²) in [5, 5.41) is 10.3. The molecule has 0 aliphatic carbocycles. The summed E-state index contributed by atoms with van der Waals surface area (Å²) >= 11 is 0. The van der Waals surface area contributed by atoms with Crippen LogP contribution >= 0.6 is 0 Å². The Morgan fingerprint density at radius 2 is 1.76 bits per heavy atom. The summed E-state index contributed by atoms with van der Waals surface area (Å²) in [4.78, 5) is 0. The van der Waals surface area contributed by atoms with Crippen LogP contribution in [-0.2, 0) is 6.54 Å². The Bertz CT molecular complexity index is 491. The molecule has 2 heteroatoms. The first-order chi connectivity index (χ1) is 8.20. The highest BCUT2D eigenvalue weighted by Gasteiger charge is 2.10. The normalized spacial score (nSPS) is 12.4. The van der Waals surface area contributed by atoms with E-state index in [2.05, 4.69) is 0 Å². The first-order valence-electron chi connectivity index (χ1n) is 5.74. The van der Waals surface area contributed by atoms with Gasteiger partial charge in [-0.3, -0.25) is 0 Å². The molecule has 0 aliphatic heterocycles. The van der Waals surface area contributed by atoms with Gasteiger partial charge in [0.25, 0.3) is 0 Å². The van der Waals surface area contributed by atoms with Crippen LogP contribution in [0.15, 0.2) is 48.5 Å². The number of nitrogens with two attached hydrogens (primary N) is 1. The lowest BCUT2D eigenvalue weighted by Crippen LogP contribution is -2.02. The summed E-state index contributed by atoms with van der Waals surface area (Å²) in [6, 6.07) is 15.7. The van der Waals surface area contributed by atoms with Gasteiger partial charge in [-0.25, -0.2) is 0 Å². The fourth-order valence-corrected chi connectivity index (χ4v) is 1.83. The third-order valence-electron chi connectivity index (χ3n) is 2.90. The molecule has 0 heterocycles. The third kappa shape index (κ3) is 2.73. The largest absolute Gasteiger partial charge is 0.384 e. The Labute approximate surface area is 102 Å². The Morgan fingerprint density at radius 3 is 2.41 bits per heavy atom. The predicted octanol–water partition coefficient (Wildman–Crippen LogP) is 2.54. The summed E-state index contributed by atoms with van der Waals surface area (Å²) in [6.45, 7) is 2.53. The van der Waals surface area contributed by atoms with Gasteiger partial charge in [0.2, 0.25) is 0 Å². The van der Waals surface area contributed by atoms with Crippen LogP contribution in [0.2, 0.25) is 0 Å². The van der Waals surface area contributed by atoms with E-state index in [9.17, 15) is 5.11 Å². The molecule has 2 nitrogen and oxygen atoms in total. The maximum Gasteiger partial charge on any atom is 0.104 e. The molecular formula is C15H17NO. The number of rotatable bonds is 3. The van der Waals surface area contributed by atoms with Gasteiger partial charge in [-0.1, -0.05) is 54.1 Å². The SMILES string of the molecule is Cc1ccc(C(O)c2cccc(CN)c2)cc1. The topological polar surface area (TPSA) is 46.2 Å². The van der Waals surface area contributed by atoms with E-state index >= 15 is 0 Å². The highest BCUT2D eigenvalue weighted by molar-refractivity contribution is 5.33. The number of hydrogen-bond acceptors (Lipinski definition) is 2. The monoisotopic (exact) mass is 227 g/mol. The number of aliphatic hydroxyl groups is 1. The minimum atomic E-state index is -0.581. The smallest absolute Gasteiger partial charge is 0.104 e. The van der Waals surface area contributed by atoms with Crippen LogP contribution in [0.25, 0.3) is 0 Å². The average Bonchev–Trinajstić information content (AvgIpc) is 2.39. The van der Waals surface area contributed by atoms with Crippen molar-refractivity contribution in [2.75, 3.05) is 0 Å². The van der Waals surface area contributed by atoms with Crippen LogP contribution in [0.1, 0.15) is 28.4 Å². The van der Waals surface area contributed by atoms with Gasteiger partial charge in [0.05, 0.1) is 0 Å². The first-order valence-corrected chi connectivity index (χ1v) is 5.74. The summed E-state index contributed by atoms with van der Waals surface area (Å²) in [5.74, 6) is 0. The molecule has 88 valence electrons. The van der Waals surface area contributed by atoms with Crippen LogP contribution in [0.3, 0.4) is 0 Å². The molecule has 2 rings (SSSR count). The molecule has 2 aromatic rings. The van der Waals surface area contributed by atoms with Gasteiger partial charge in [0, 0.05) is 6.54 Å². The van der Waals surface area contributed by atoms with Crippen molar-refractivity contribution < 1.29 is 5.11 Å². The Hall–Kier alpha value is -1.64. The van der Waals surface area contributed by atoms with E-state index in [4.69, 9.17) is 5.73 Å². The fraction of sp³-hybridized carbons (Fsp3) is 0.200. The van der Waals surface area contributed by atoms with Gasteiger partial charge in [0.1, 0.15) is 6.10 Å². The Morgan fingerprint density at radius 1 is 1.06 bits per heavy atom. The van der Waals surface area contributed by atoms with Crippen molar-refractivity contribution in [3.05, 3.63) is 70.8 Å². The second-order valence-corrected chi connectivity index (χ2v) is 4.26. The predicted molar refractivity (Wildman–Crippen MR) is 69.6 cm³/mol. The number of aliphatic hydroxyl groups excluding tert-OH is 1. The maximum atomic E-state index is 10.3. The van der Waals surface area contributed by atoms with Gasteiger partial charge in [-0.2, -0.15) is 0 Å². The number of aryl methyl sites for hydroxylation is 1. The molecule has 0 aromatic heterocycles. The second-order valence-electron chi connectivity index (χ2n) is 4.26. The molecule has 0 saturated carbocycles. The van der Waals surface area contributed by atoms with Gasteiger partial charge >= 0.3 is 0 Å². The van der Waals surface area contributed by atoms with Crippen LogP contribution in [0.5, 0.6) is 0 Å². The van der Waals surface area contributed by atoms with Crippen LogP contribution < -0.4 is 5.73 Å². The molecule has 1 atom stereocenters. The first kappa shape index (κ1) is 11.8. The van der Waals surface area contributed by atoms with Crippen molar-refractivity contribution in [2.24, 2.45) is 5.73 Å². The van der Waals surface area contributed by atoms with E-state index in [0.717, 1.165) is 16.7 Å². The van der Waals surface area contributed by atoms with E-state index in [-0.39, 0.29) is 0 Å². The summed E-state index contributed by atoms with van der Waals surface area (Å²) in [5.41, 5.74) is 9.62. The van der Waals surface area contributed by atoms with Gasteiger partial charge in [-0.05, 0) is 23.6 Å². The quantitative estimate of drug-likeness (QED) is 0.846. The molecule has 2 aromatic carbocycles. The standard InChI is InChI=1S/C15H17NO/c1-11-5-7-13(8-6-11)15(17)14-4-2-3-12(9-14)10-16/h2-9,15,17H,10,16H2,1H3. The van der Waals surface area contributed by atoms with Gasteiger partial charge in [0.15, 0.2) is 0 Å². The minimum absolute atomic E-state index is 0.495. The average molecular weight is 227 g/mol. The lowest BCUT2D eigenvalue weighted by molar-refractivity contribution is 0.220. The zero-order valence-electron chi connectivity index (χ0n) is 9.93. The van der Waals surface area contributed by atoms with Crippen molar-refractivity contribution in [3.63, 3.8) is 0 Å². The molecule has 0 aliphatic rings. The van der Waals surface area contributed by atoms with E-state index in [1.54, 1.807) is 0 Å². The van der Waals surface area contributed by atoms with Gasteiger partial charge < -0.3 is 10.8 Å². The van der Waals surface area contributed by atoms with Crippen molar-refractivity contribution in [2.45, 2.75) is 19.6 Å². The lowest BCUT2D eigenvalue weighted by Gasteiger charge is -2.12. The molecule has 3 N–H and O–H groups in total. The molecule has 0 fully saturated rings. The fourth-order valence-electron chi connectivity index (χ4n) is 1.83. The maximum absolute atomic E-state index is 10.3. The molecule has 0 bridgehead atoms. The zero-order chi connectivity index (χ0) is 12.3. The van der Waals surface area contributed by atoms with Crippen molar-refractivity contribution in [1.29, 1.82) is 0 Å². The highest BCUT2D eigenvalue weighted by atomic mass is 16.3. The molecule has 0 amide bonds. The van der Waals surface area contributed by atoms with Crippen molar-refractivity contribution >= 4 is 0 Å². The van der Waals surface area contributed by atoms with Crippen molar-refractivity contribution in [3.8, 4) is 0 Å². The number of benzene rings is 2. The zero-order valence-corrected chi connectivity index (χ0v) is 9.93. The third-order valence-corrected chi connectivity index (χ3v) is 2.90. The Kier molecular flexibility index (Phi) is 3.57. The van der Waals surface area contributed by atoms with E-state index < -0.39 is 6.10 Å². The summed E-state index contributed by atoms with van der Waals surface area (Å²) < 4.78 is 0. The lowest BCUT2D eigenvalue weighted by atomic mass is 9.99. The van der Waals surface area contributed by atoms with E-state index in [1.807, 2.05) is 55.5 Å². The van der Waals surface area contributed by atoms with Crippen molar-refractivity contribution in [1.82, 2.24) is 0 Å². The molecule has 0 saturated heterocycles. The Balaban J connectivity index is 2.29. The molecule has 0 radical (unpaired) electrons. The second kappa shape index (κ2) is 5.13. The van der Waals surface area contributed by atoms with Crippen LogP contribution in [0.4, 0.5) is 0 Å². The minimum Gasteiger partial charge on any atom is -0.384 e. The molecule has 0 spiro atoms. The highest BCUT2D eigenvalue weighted by Crippen LogP contribution is 2.22.